The van der Waals surface area contributed by atoms with Crippen LogP contribution in [0.15, 0.2) is 0 Å². The fourth-order valence-electron chi connectivity index (χ4n) is 1.20. The number of carbonyl (C=O) groups is 2. The fourth-order valence-corrected chi connectivity index (χ4v) is 1.20. The van der Waals surface area contributed by atoms with Crippen molar-refractivity contribution in [2.24, 2.45) is 0 Å². The predicted octanol–water partition coefficient (Wildman–Crippen LogP) is -6.75. The lowest BCUT2D eigenvalue weighted by atomic mass is 10.1. The molecule has 6 atom stereocenters. The van der Waals surface area contributed by atoms with Gasteiger partial charge in [-0.3, -0.25) is 9.59 Å². The van der Waals surface area contributed by atoms with Gasteiger partial charge in [0.25, 0.3) is 0 Å². The first-order valence-corrected chi connectivity index (χ1v) is 6.66. The molecule has 0 aromatic rings. The molecule has 0 heterocycles. The van der Waals surface area contributed by atoms with E-state index in [1.165, 1.54) is 0 Å². The van der Waals surface area contributed by atoms with Crippen molar-refractivity contribution in [1.29, 1.82) is 0 Å². The second-order valence-corrected chi connectivity index (χ2v) is 4.62. The van der Waals surface area contributed by atoms with Crippen LogP contribution in [0.5, 0.6) is 0 Å². The topological polar surface area (TPSA) is 236 Å². The first-order valence-electron chi connectivity index (χ1n) is 6.66. The maximum absolute atomic E-state index is 10.5. The highest BCUT2D eigenvalue weighted by Crippen LogP contribution is 2.01. The summed E-state index contributed by atoms with van der Waals surface area (Å²) < 4.78 is 0. The molecule has 0 unspecified atom stereocenters. The van der Waals surface area contributed by atoms with Gasteiger partial charge in [-0.15, -0.1) is 0 Å². The summed E-state index contributed by atoms with van der Waals surface area (Å²) in [5.41, 5.74) is 0. The summed E-state index contributed by atoms with van der Waals surface area (Å²) in [6.07, 6.45) is -10.4. The van der Waals surface area contributed by atoms with Gasteiger partial charge in [0.15, 0.2) is 11.6 Å². The molecule has 0 spiro atoms. The van der Waals surface area contributed by atoms with Crippen LogP contribution in [0, 0.1) is 0 Å². The minimum atomic E-state index is -1.86. The third kappa shape index (κ3) is 8.70. The SMILES string of the molecule is O=C(CO)[C@@H](O)[C@@H](O)[C@@H](O)CO.O=C(CO)[C@@H](O)[C@@H](O)[C@@H](O)CO. The number of Topliss-reactive ketones (excluding diaryl/α,β-unsaturated/α-hetero) is 2. The highest BCUT2D eigenvalue weighted by Gasteiger charge is 2.29. The van der Waals surface area contributed by atoms with Crippen molar-refractivity contribution in [2.75, 3.05) is 26.4 Å². The van der Waals surface area contributed by atoms with Gasteiger partial charge in [0.05, 0.1) is 13.2 Å². The smallest absolute Gasteiger partial charge is 0.189 e. The zero-order chi connectivity index (χ0) is 19.4. The average molecular weight is 360 g/mol. The molecule has 0 radical (unpaired) electrons. The summed E-state index contributed by atoms with van der Waals surface area (Å²) in [5.74, 6) is -2.01. The zero-order valence-electron chi connectivity index (χ0n) is 12.6. The molecule has 0 fully saturated rings. The van der Waals surface area contributed by atoms with Gasteiger partial charge in [0, 0.05) is 0 Å². The van der Waals surface area contributed by atoms with E-state index in [4.69, 9.17) is 51.1 Å². The Bertz CT molecular complexity index is 328. The lowest BCUT2D eigenvalue weighted by Gasteiger charge is -2.19. The number of aliphatic hydroxyl groups excluding tert-OH is 10. The molecule has 0 bridgehead atoms. The highest BCUT2D eigenvalue weighted by atomic mass is 16.4. The van der Waals surface area contributed by atoms with Gasteiger partial charge in [-0.25, -0.2) is 0 Å². The Morgan fingerprint density at radius 3 is 1.00 bits per heavy atom. The van der Waals surface area contributed by atoms with Gasteiger partial charge in [0.1, 0.15) is 49.8 Å². The molecule has 0 aliphatic heterocycles. The van der Waals surface area contributed by atoms with Gasteiger partial charge >= 0.3 is 0 Å². The standard InChI is InChI=1S/2C6H12O6/c2*7-1-3(9)5(11)6(12)4(10)2-8/h2*3,5-9,11-12H,1-2H2/t2*3-,5-,6+/m00/s1. The maximum atomic E-state index is 10.5. The van der Waals surface area contributed by atoms with E-state index < -0.39 is 74.6 Å². The Kier molecular flexibility index (Phi) is 13.9. The molecule has 10 N–H and O–H groups in total. The third-order valence-electron chi connectivity index (χ3n) is 2.78. The lowest BCUT2D eigenvalue weighted by Crippen LogP contribution is -2.44. The van der Waals surface area contributed by atoms with Crippen LogP contribution in [-0.4, -0.2) is 126 Å². The summed E-state index contributed by atoms with van der Waals surface area (Å²) >= 11 is 0. The Balaban J connectivity index is 0. The number of aliphatic hydroxyl groups is 10. The normalized spacial score (nSPS) is 18.4. The Labute approximate surface area is 136 Å². The minimum Gasteiger partial charge on any atom is -0.394 e. The van der Waals surface area contributed by atoms with E-state index in [9.17, 15) is 9.59 Å². The van der Waals surface area contributed by atoms with Crippen LogP contribution in [0.1, 0.15) is 0 Å². The summed E-state index contributed by atoms with van der Waals surface area (Å²) in [5, 5.41) is 86.1. The van der Waals surface area contributed by atoms with Gasteiger partial charge in [-0.1, -0.05) is 0 Å². The van der Waals surface area contributed by atoms with Crippen LogP contribution in [0.4, 0.5) is 0 Å². The molecule has 0 amide bonds. The number of rotatable bonds is 10. The second kappa shape index (κ2) is 13.3. The van der Waals surface area contributed by atoms with E-state index >= 15 is 0 Å². The number of hydrogen-bond donors (Lipinski definition) is 10. The maximum Gasteiger partial charge on any atom is 0.189 e. The van der Waals surface area contributed by atoms with Crippen molar-refractivity contribution in [1.82, 2.24) is 0 Å². The number of hydrogen-bond acceptors (Lipinski definition) is 12. The molecule has 12 heteroatoms. The molecule has 0 saturated carbocycles. The van der Waals surface area contributed by atoms with Crippen molar-refractivity contribution < 1.29 is 60.7 Å². The minimum absolute atomic E-state index is 0.767. The molecular weight excluding hydrogens is 336 g/mol. The summed E-state index contributed by atoms with van der Waals surface area (Å²) in [6, 6.07) is 0. The van der Waals surface area contributed by atoms with Crippen LogP contribution >= 0.6 is 0 Å². The van der Waals surface area contributed by atoms with Crippen molar-refractivity contribution in [3.8, 4) is 0 Å². The molecular formula is C12H24O12. The quantitative estimate of drug-likeness (QED) is 0.175. The molecule has 0 rings (SSSR count). The summed E-state index contributed by atoms with van der Waals surface area (Å²) in [4.78, 5) is 21.0. The molecule has 12 nitrogen and oxygen atoms in total. The van der Waals surface area contributed by atoms with E-state index in [1.807, 2.05) is 0 Å². The van der Waals surface area contributed by atoms with Crippen molar-refractivity contribution in [2.45, 2.75) is 36.6 Å². The molecule has 0 aliphatic carbocycles. The van der Waals surface area contributed by atoms with E-state index in [1.54, 1.807) is 0 Å². The first kappa shape index (κ1) is 25.2. The average Bonchev–Trinajstić information content (AvgIpc) is 2.62. The fraction of sp³-hybridized carbons (Fsp3) is 0.833. The Hall–Kier alpha value is -1.06. The molecule has 24 heavy (non-hydrogen) atoms. The summed E-state index contributed by atoms with van der Waals surface area (Å²) in [6.45, 7) is -3.37. The predicted molar refractivity (Wildman–Crippen MR) is 74.4 cm³/mol. The molecule has 144 valence electrons. The van der Waals surface area contributed by atoms with Crippen LogP contribution in [0.25, 0.3) is 0 Å². The zero-order valence-corrected chi connectivity index (χ0v) is 12.6. The Morgan fingerprint density at radius 1 is 0.583 bits per heavy atom. The van der Waals surface area contributed by atoms with Crippen molar-refractivity contribution in [3.05, 3.63) is 0 Å². The van der Waals surface area contributed by atoms with Gasteiger partial charge in [-0.2, -0.15) is 0 Å². The largest absolute Gasteiger partial charge is 0.394 e. The van der Waals surface area contributed by atoms with Gasteiger partial charge < -0.3 is 51.1 Å². The van der Waals surface area contributed by atoms with E-state index in [0.717, 1.165) is 0 Å². The molecule has 0 aromatic heterocycles. The highest BCUT2D eigenvalue weighted by molar-refractivity contribution is 5.84. The van der Waals surface area contributed by atoms with E-state index in [2.05, 4.69) is 0 Å². The van der Waals surface area contributed by atoms with E-state index in [0.29, 0.717) is 0 Å². The number of carbonyl (C=O) groups excluding carboxylic acids is 2. The van der Waals surface area contributed by atoms with Crippen LogP contribution < -0.4 is 0 Å². The van der Waals surface area contributed by atoms with Gasteiger partial charge in [-0.05, 0) is 0 Å². The van der Waals surface area contributed by atoms with Crippen LogP contribution in [0.3, 0.4) is 0 Å². The monoisotopic (exact) mass is 360 g/mol. The summed E-state index contributed by atoms with van der Waals surface area (Å²) in [7, 11) is 0. The first-order chi connectivity index (χ1) is 11.1. The molecule has 0 saturated heterocycles. The Morgan fingerprint density at radius 2 is 0.833 bits per heavy atom. The van der Waals surface area contributed by atoms with Gasteiger partial charge in [0.2, 0.25) is 0 Å². The second-order valence-electron chi connectivity index (χ2n) is 4.62. The van der Waals surface area contributed by atoms with Crippen LogP contribution in [0.2, 0.25) is 0 Å². The lowest BCUT2D eigenvalue weighted by molar-refractivity contribution is -0.143. The number of ketones is 2. The molecule has 0 aromatic carbocycles. The van der Waals surface area contributed by atoms with Crippen LogP contribution in [-0.2, 0) is 9.59 Å². The third-order valence-corrected chi connectivity index (χ3v) is 2.78. The molecule has 0 aliphatic rings. The van der Waals surface area contributed by atoms with E-state index in [-0.39, 0.29) is 0 Å². The van der Waals surface area contributed by atoms with Crippen molar-refractivity contribution >= 4 is 11.6 Å². The van der Waals surface area contributed by atoms with Crippen molar-refractivity contribution in [3.63, 3.8) is 0 Å².